The highest BCUT2D eigenvalue weighted by Crippen LogP contribution is 2.28. The smallest absolute Gasteiger partial charge is 0.271 e. The maximum Gasteiger partial charge on any atom is 0.271 e. The summed E-state index contributed by atoms with van der Waals surface area (Å²) < 4.78 is 11.1. The van der Waals surface area contributed by atoms with E-state index in [0.29, 0.717) is 34.3 Å². The van der Waals surface area contributed by atoms with E-state index in [-0.39, 0.29) is 18.4 Å². The van der Waals surface area contributed by atoms with E-state index in [1.54, 1.807) is 56.6 Å². The second kappa shape index (κ2) is 10.3. The van der Waals surface area contributed by atoms with Crippen molar-refractivity contribution in [2.75, 3.05) is 27.3 Å². The van der Waals surface area contributed by atoms with Crippen LogP contribution in [0.15, 0.2) is 47.6 Å². The minimum atomic E-state index is -0.347. The number of likely N-dealkylation sites (N-methyl/N-ethyl adjacent to an activating group) is 1. The van der Waals surface area contributed by atoms with E-state index >= 15 is 0 Å². The molecule has 2 aromatic rings. The molecule has 0 radical (unpaired) electrons. The Bertz CT molecular complexity index is 851. The minimum Gasteiger partial charge on any atom is -0.490 e. The number of amides is 2. The Morgan fingerprint density at radius 1 is 1.11 bits per heavy atom. The highest BCUT2D eigenvalue weighted by molar-refractivity contribution is 6.30. The molecule has 0 heterocycles. The zero-order valence-corrected chi connectivity index (χ0v) is 16.7. The van der Waals surface area contributed by atoms with Gasteiger partial charge in [0.1, 0.15) is 0 Å². The SMILES string of the molecule is CCOc1cc(/C=N\NC(=O)c2ccc(Cl)cc2)ccc1OCC(=O)N(C)C. The molecule has 0 atom stereocenters. The van der Waals surface area contributed by atoms with Crippen molar-refractivity contribution in [2.24, 2.45) is 5.10 Å². The van der Waals surface area contributed by atoms with Gasteiger partial charge in [0, 0.05) is 24.7 Å². The lowest BCUT2D eigenvalue weighted by molar-refractivity contribution is -0.130. The highest BCUT2D eigenvalue weighted by Gasteiger charge is 2.10. The molecule has 0 aromatic heterocycles. The first-order valence-corrected chi connectivity index (χ1v) is 8.97. The van der Waals surface area contributed by atoms with E-state index in [1.807, 2.05) is 6.92 Å². The van der Waals surface area contributed by atoms with E-state index in [4.69, 9.17) is 21.1 Å². The molecule has 2 aromatic carbocycles. The predicted molar refractivity (Wildman–Crippen MR) is 108 cm³/mol. The largest absolute Gasteiger partial charge is 0.490 e. The summed E-state index contributed by atoms with van der Waals surface area (Å²) in [4.78, 5) is 25.2. The molecule has 7 nitrogen and oxygen atoms in total. The molecule has 1 N–H and O–H groups in total. The Kier molecular flexibility index (Phi) is 7.83. The second-order valence-corrected chi connectivity index (χ2v) is 6.36. The summed E-state index contributed by atoms with van der Waals surface area (Å²) in [5.74, 6) is 0.444. The maximum absolute atomic E-state index is 12.0. The zero-order valence-electron chi connectivity index (χ0n) is 15.9. The van der Waals surface area contributed by atoms with Gasteiger partial charge in [-0.05, 0) is 55.0 Å². The van der Waals surface area contributed by atoms with Crippen LogP contribution in [0.25, 0.3) is 0 Å². The summed E-state index contributed by atoms with van der Waals surface area (Å²) in [6.07, 6.45) is 1.49. The van der Waals surface area contributed by atoms with Gasteiger partial charge in [0.2, 0.25) is 0 Å². The molecule has 0 aliphatic carbocycles. The summed E-state index contributed by atoms with van der Waals surface area (Å²) in [7, 11) is 3.32. The molecular weight excluding hydrogens is 382 g/mol. The van der Waals surface area contributed by atoms with Crippen LogP contribution in [0.2, 0.25) is 5.02 Å². The van der Waals surface area contributed by atoms with Crippen molar-refractivity contribution in [1.29, 1.82) is 0 Å². The van der Waals surface area contributed by atoms with E-state index in [2.05, 4.69) is 10.5 Å². The number of hydrogen-bond acceptors (Lipinski definition) is 5. The number of ether oxygens (including phenoxy) is 2. The van der Waals surface area contributed by atoms with Crippen LogP contribution in [0, 0.1) is 0 Å². The molecule has 0 spiro atoms. The molecule has 2 amide bonds. The molecule has 148 valence electrons. The third kappa shape index (κ3) is 6.28. The first kappa shape index (κ1) is 21.2. The second-order valence-electron chi connectivity index (χ2n) is 5.92. The van der Waals surface area contributed by atoms with Gasteiger partial charge in [0.05, 0.1) is 12.8 Å². The van der Waals surface area contributed by atoms with Crippen LogP contribution < -0.4 is 14.9 Å². The first-order valence-electron chi connectivity index (χ1n) is 8.59. The van der Waals surface area contributed by atoms with Gasteiger partial charge in [-0.1, -0.05) is 11.6 Å². The van der Waals surface area contributed by atoms with Gasteiger partial charge in [-0.25, -0.2) is 5.43 Å². The van der Waals surface area contributed by atoms with Crippen LogP contribution in [-0.4, -0.2) is 50.2 Å². The molecule has 2 rings (SSSR count). The molecule has 0 fully saturated rings. The topological polar surface area (TPSA) is 80.2 Å². The molecule has 28 heavy (non-hydrogen) atoms. The van der Waals surface area contributed by atoms with Gasteiger partial charge >= 0.3 is 0 Å². The fraction of sp³-hybridized carbons (Fsp3) is 0.250. The number of hydrogen-bond donors (Lipinski definition) is 1. The van der Waals surface area contributed by atoms with Crippen molar-refractivity contribution in [3.63, 3.8) is 0 Å². The van der Waals surface area contributed by atoms with Gasteiger partial charge in [-0.3, -0.25) is 9.59 Å². The maximum atomic E-state index is 12.0. The lowest BCUT2D eigenvalue weighted by Gasteiger charge is -2.14. The Morgan fingerprint density at radius 3 is 2.46 bits per heavy atom. The van der Waals surface area contributed by atoms with E-state index in [0.717, 1.165) is 0 Å². The molecule has 0 aliphatic rings. The number of nitrogens with zero attached hydrogens (tertiary/aromatic N) is 2. The van der Waals surface area contributed by atoms with Gasteiger partial charge in [-0.2, -0.15) is 5.10 Å². The Balaban J connectivity index is 2.03. The van der Waals surface area contributed by atoms with Crippen LogP contribution in [0.3, 0.4) is 0 Å². The number of halogens is 1. The van der Waals surface area contributed by atoms with E-state index in [1.165, 1.54) is 11.1 Å². The van der Waals surface area contributed by atoms with Crippen molar-refractivity contribution < 1.29 is 19.1 Å². The third-order valence-corrected chi connectivity index (χ3v) is 3.86. The van der Waals surface area contributed by atoms with Crippen LogP contribution in [0.1, 0.15) is 22.8 Å². The van der Waals surface area contributed by atoms with Crippen molar-refractivity contribution in [3.05, 3.63) is 58.6 Å². The monoisotopic (exact) mass is 403 g/mol. The average Bonchev–Trinajstić information content (AvgIpc) is 2.67. The third-order valence-electron chi connectivity index (χ3n) is 3.60. The van der Waals surface area contributed by atoms with Gasteiger partial charge < -0.3 is 14.4 Å². The molecule has 0 saturated heterocycles. The van der Waals surface area contributed by atoms with Gasteiger partial charge in [-0.15, -0.1) is 0 Å². The number of benzene rings is 2. The molecule has 0 bridgehead atoms. The summed E-state index contributed by atoms with van der Waals surface area (Å²) in [5.41, 5.74) is 3.60. The molecular formula is C20H22ClN3O4. The average molecular weight is 404 g/mol. The fourth-order valence-corrected chi connectivity index (χ4v) is 2.22. The van der Waals surface area contributed by atoms with Gasteiger partial charge in [0.25, 0.3) is 11.8 Å². The van der Waals surface area contributed by atoms with Crippen molar-refractivity contribution in [3.8, 4) is 11.5 Å². The van der Waals surface area contributed by atoms with Crippen LogP contribution in [0.5, 0.6) is 11.5 Å². The van der Waals surface area contributed by atoms with Gasteiger partial charge in [0.15, 0.2) is 18.1 Å². The quantitative estimate of drug-likeness (QED) is 0.542. The normalized spacial score (nSPS) is 10.6. The molecule has 0 unspecified atom stereocenters. The summed E-state index contributed by atoms with van der Waals surface area (Å²) >= 11 is 5.80. The first-order chi connectivity index (χ1) is 13.4. The lowest BCUT2D eigenvalue weighted by atomic mass is 10.2. The van der Waals surface area contributed by atoms with Crippen LogP contribution in [0.4, 0.5) is 0 Å². The van der Waals surface area contributed by atoms with Crippen molar-refractivity contribution in [2.45, 2.75) is 6.92 Å². The number of carbonyl (C=O) groups is 2. The summed E-state index contributed by atoms with van der Waals surface area (Å²) in [6.45, 7) is 2.20. The number of nitrogens with one attached hydrogen (secondary N) is 1. The van der Waals surface area contributed by atoms with Crippen LogP contribution >= 0.6 is 11.6 Å². The fourth-order valence-electron chi connectivity index (χ4n) is 2.09. The van der Waals surface area contributed by atoms with E-state index in [9.17, 15) is 9.59 Å². The summed E-state index contributed by atoms with van der Waals surface area (Å²) in [6, 6.07) is 11.6. The highest BCUT2D eigenvalue weighted by atomic mass is 35.5. The van der Waals surface area contributed by atoms with Crippen LogP contribution in [-0.2, 0) is 4.79 Å². The number of carbonyl (C=O) groups excluding carboxylic acids is 2. The lowest BCUT2D eigenvalue weighted by Crippen LogP contribution is -2.27. The number of hydrazone groups is 1. The summed E-state index contributed by atoms with van der Waals surface area (Å²) in [5, 5.41) is 4.51. The van der Waals surface area contributed by atoms with Crippen molar-refractivity contribution in [1.82, 2.24) is 10.3 Å². The Labute approximate surface area is 168 Å². The number of rotatable bonds is 8. The zero-order chi connectivity index (χ0) is 20.5. The molecule has 8 heteroatoms. The standard InChI is InChI=1S/C20H22ClN3O4/c1-4-27-18-11-14(5-10-17(18)28-13-19(25)24(2)3)12-22-23-20(26)15-6-8-16(21)9-7-15/h5-12H,4,13H2,1-3H3,(H,23,26)/b22-12-. The molecule has 0 aliphatic heterocycles. The van der Waals surface area contributed by atoms with Crippen molar-refractivity contribution >= 4 is 29.6 Å². The van der Waals surface area contributed by atoms with E-state index < -0.39 is 0 Å². The predicted octanol–water partition coefficient (Wildman–Crippen LogP) is 2.97. The minimum absolute atomic E-state index is 0.0857. The molecule has 0 saturated carbocycles. The Hall–Kier alpha value is -3.06. The Morgan fingerprint density at radius 2 is 1.82 bits per heavy atom.